The molecule has 1 heterocycles. The summed E-state index contributed by atoms with van der Waals surface area (Å²) in [6, 6.07) is 8.83. The third-order valence-corrected chi connectivity index (χ3v) is 3.65. The second kappa shape index (κ2) is 5.43. The Morgan fingerprint density at radius 3 is 2.00 bits per heavy atom. The average Bonchev–Trinajstić information content (AvgIpc) is 2.41. The summed E-state index contributed by atoms with van der Waals surface area (Å²) in [7, 11) is 0. The van der Waals surface area contributed by atoms with Gasteiger partial charge in [0.2, 0.25) is 11.8 Å². The molecule has 0 unspecified atom stereocenters. The predicted octanol–water partition coefficient (Wildman–Crippen LogP) is 1.43. The Bertz CT molecular complexity index is 470. The molecule has 1 saturated heterocycles. The molecule has 1 aromatic rings. The summed E-state index contributed by atoms with van der Waals surface area (Å²) in [5.41, 5.74) is 1.05. The lowest BCUT2D eigenvalue weighted by Gasteiger charge is -2.34. The van der Waals surface area contributed by atoms with Gasteiger partial charge in [0.05, 0.1) is 0 Å². The topological polar surface area (TPSA) is 58.2 Å². The first-order chi connectivity index (χ1) is 9.00. The van der Waals surface area contributed by atoms with E-state index in [0.29, 0.717) is 0 Å². The molecular weight excluding hydrogens is 240 g/mol. The molecule has 4 nitrogen and oxygen atoms in total. The predicted molar refractivity (Wildman–Crippen MR) is 73.6 cm³/mol. The zero-order chi connectivity index (χ0) is 14.0. The molecule has 2 N–H and O–H groups in total. The van der Waals surface area contributed by atoms with Crippen molar-refractivity contribution in [3.05, 3.63) is 35.9 Å². The summed E-state index contributed by atoms with van der Waals surface area (Å²) in [6.45, 7) is 5.80. The third kappa shape index (κ3) is 2.78. The van der Waals surface area contributed by atoms with E-state index in [1.165, 1.54) is 0 Å². The number of benzene rings is 1. The van der Waals surface area contributed by atoms with Crippen LogP contribution in [0.1, 0.15) is 32.3 Å². The van der Waals surface area contributed by atoms with Crippen molar-refractivity contribution in [2.24, 2.45) is 5.92 Å². The quantitative estimate of drug-likeness (QED) is 0.863. The number of carbonyl (C=O) groups excluding carboxylic acids is 2. The summed E-state index contributed by atoms with van der Waals surface area (Å²) in [4.78, 5) is 24.1. The molecule has 19 heavy (non-hydrogen) atoms. The molecule has 4 heteroatoms. The van der Waals surface area contributed by atoms with Crippen molar-refractivity contribution >= 4 is 11.8 Å². The molecule has 2 amide bonds. The molecule has 3 atom stereocenters. The Labute approximate surface area is 113 Å². The van der Waals surface area contributed by atoms with E-state index >= 15 is 0 Å². The standard InChI is InChI=1S/C15H20N2O2/c1-9(2)12-14(18)17-13(15(19)16-12)10(3)11-7-5-4-6-8-11/h4-10,12-13H,1-3H3,(H,16,19)(H,17,18)/t10-,12-,13+/m0/s1. The van der Waals surface area contributed by atoms with Gasteiger partial charge >= 0.3 is 0 Å². The largest absolute Gasteiger partial charge is 0.342 e. The van der Waals surface area contributed by atoms with Gasteiger partial charge in [-0.2, -0.15) is 0 Å². The van der Waals surface area contributed by atoms with Gasteiger partial charge in [0.1, 0.15) is 12.1 Å². The summed E-state index contributed by atoms with van der Waals surface area (Å²) in [6.07, 6.45) is 0. The van der Waals surface area contributed by atoms with E-state index in [9.17, 15) is 9.59 Å². The molecule has 1 aliphatic heterocycles. The maximum atomic E-state index is 12.1. The highest BCUT2D eigenvalue weighted by molar-refractivity contribution is 5.97. The highest BCUT2D eigenvalue weighted by Gasteiger charge is 2.38. The number of rotatable bonds is 3. The minimum atomic E-state index is -0.495. The van der Waals surface area contributed by atoms with Crippen molar-refractivity contribution in [3.63, 3.8) is 0 Å². The molecule has 2 rings (SSSR count). The zero-order valence-corrected chi connectivity index (χ0v) is 11.5. The van der Waals surface area contributed by atoms with Gasteiger partial charge in [-0.1, -0.05) is 51.1 Å². The number of hydrogen-bond donors (Lipinski definition) is 2. The van der Waals surface area contributed by atoms with Gasteiger partial charge in [0.15, 0.2) is 0 Å². The summed E-state index contributed by atoms with van der Waals surface area (Å²) in [5, 5.41) is 5.66. The smallest absolute Gasteiger partial charge is 0.243 e. The Balaban J connectivity index is 2.15. The molecule has 0 spiro atoms. The van der Waals surface area contributed by atoms with E-state index in [0.717, 1.165) is 5.56 Å². The van der Waals surface area contributed by atoms with E-state index in [2.05, 4.69) is 10.6 Å². The second-order valence-electron chi connectivity index (χ2n) is 5.42. The molecule has 1 aliphatic rings. The Morgan fingerprint density at radius 2 is 1.42 bits per heavy atom. The fourth-order valence-electron chi connectivity index (χ4n) is 2.39. The van der Waals surface area contributed by atoms with Crippen molar-refractivity contribution < 1.29 is 9.59 Å². The molecule has 0 saturated carbocycles. The van der Waals surface area contributed by atoms with Crippen molar-refractivity contribution in [2.45, 2.75) is 38.8 Å². The van der Waals surface area contributed by atoms with Crippen LogP contribution in [0.15, 0.2) is 30.3 Å². The fraction of sp³-hybridized carbons (Fsp3) is 0.467. The van der Waals surface area contributed by atoms with Gasteiger partial charge in [-0.3, -0.25) is 9.59 Å². The van der Waals surface area contributed by atoms with Gasteiger partial charge in [0, 0.05) is 5.92 Å². The SMILES string of the molecule is CC(C)[C@@H]1NC(=O)[C@@H]([C@@H](C)c2ccccc2)NC1=O. The number of amides is 2. The van der Waals surface area contributed by atoms with Crippen LogP contribution < -0.4 is 10.6 Å². The van der Waals surface area contributed by atoms with Crippen molar-refractivity contribution in [2.75, 3.05) is 0 Å². The summed E-state index contributed by atoms with van der Waals surface area (Å²) < 4.78 is 0. The van der Waals surface area contributed by atoms with Crippen molar-refractivity contribution in [3.8, 4) is 0 Å². The van der Waals surface area contributed by atoms with E-state index < -0.39 is 12.1 Å². The average molecular weight is 260 g/mol. The highest BCUT2D eigenvalue weighted by Crippen LogP contribution is 2.21. The summed E-state index contributed by atoms with van der Waals surface area (Å²) in [5.74, 6) is -0.146. The lowest BCUT2D eigenvalue weighted by atomic mass is 9.89. The van der Waals surface area contributed by atoms with Crippen LogP contribution in [0, 0.1) is 5.92 Å². The number of carbonyl (C=O) groups is 2. The first-order valence-corrected chi connectivity index (χ1v) is 6.66. The molecule has 0 radical (unpaired) electrons. The molecule has 0 aromatic heterocycles. The molecular formula is C15H20N2O2. The maximum absolute atomic E-state index is 12.1. The van der Waals surface area contributed by atoms with Gasteiger partial charge in [0.25, 0.3) is 0 Å². The normalized spacial score (nSPS) is 24.8. The molecule has 0 bridgehead atoms. The minimum absolute atomic E-state index is 0.0433. The molecule has 1 aromatic carbocycles. The van der Waals surface area contributed by atoms with Crippen LogP contribution in [0.3, 0.4) is 0 Å². The van der Waals surface area contributed by atoms with Gasteiger partial charge in [-0.05, 0) is 11.5 Å². The van der Waals surface area contributed by atoms with Crippen LogP contribution in [0.2, 0.25) is 0 Å². The van der Waals surface area contributed by atoms with Crippen LogP contribution in [0.5, 0.6) is 0 Å². The number of nitrogens with one attached hydrogen (secondary N) is 2. The van der Waals surface area contributed by atoms with E-state index in [1.54, 1.807) is 0 Å². The first-order valence-electron chi connectivity index (χ1n) is 6.66. The van der Waals surface area contributed by atoms with Crippen LogP contribution in [0.25, 0.3) is 0 Å². The zero-order valence-electron chi connectivity index (χ0n) is 11.5. The monoisotopic (exact) mass is 260 g/mol. The Hall–Kier alpha value is -1.84. The van der Waals surface area contributed by atoms with Crippen molar-refractivity contribution in [1.82, 2.24) is 10.6 Å². The first kappa shape index (κ1) is 13.6. The Kier molecular flexibility index (Phi) is 3.88. The van der Waals surface area contributed by atoms with Crippen LogP contribution in [-0.2, 0) is 9.59 Å². The van der Waals surface area contributed by atoms with Gasteiger partial charge in [-0.25, -0.2) is 0 Å². The maximum Gasteiger partial charge on any atom is 0.243 e. The van der Waals surface area contributed by atoms with E-state index in [-0.39, 0.29) is 23.7 Å². The number of hydrogen-bond acceptors (Lipinski definition) is 2. The van der Waals surface area contributed by atoms with Crippen molar-refractivity contribution in [1.29, 1.82) is 0 Å². The highest BCUT2D eigenvalue weighted by atomic mass is 16.2. The fourth-order valence-corrected chi connectivity index (χ4v) is 2.39. The van der Waals surface area contributed by atoms with E-state index in [4.69, 9.17) is 0 Å². The van der Waals surface area contributed by atoms with Crippen LogP contribution >= 0.6 is 0 Å². The molecule has 102 valence electrons. The second-order valence-corrected chi connectivity index (χ2v) is 5.42. The molecule has 1 fully saturated rings. The number of piperazine rings is 1. The van der Waals surface area contributed by atoms with Gasteiger partial charge < -0.3 is 10.6 Å². The minimum Gasteiger partial charge on any atom is -0.342 e. The third-order valence-electron chi connectivity index (χ3n) is 3.65. The lowest BCUT2D eigenvalue weighted by molar-refractivity contribution is -0.138. The van der Waals surface area contributed by atoms with Crippen LogP contribution in [-0.4, -0.2) is 23.9 Å². The lowest BCUT2D eigenvalue weighted by Crippen LogP contribution is -2.64. The van der Waals surface area contributed by atoms with E-state index in [1.807, 2.05) is 51.1 Å². The van der Waals surface area contributed by atoms with Gasteiger partial charge in [-0.15, -0.1) is 0 Å². The summed E-state index contributed by atoms with van der Waals surface area (Å²) >= 11 is 0. The Morgan fingerprint density at radius 1 is 0.895 bits per heavy atom. The molecule has 0 aliphatic carbocycles. The van der Waals surface area contributed by atoms with Crippen LogP contribution in [0.4, 0.5) is 0 Å².